The van der Waals surface area contributed by atoms with Crippen molar-refractivity contribution in [3.63, 3.8) is 0 Å². The highest BCUT2D eigenvalue weighted by atomic mass is 35.5. The fourth-order valence-electron chi connectivity index (χ4n) is 6.15. The van der Waals surface area contributed by atoms with Crippen molar-refractivity contribution >= 4 is 33.9 Å². The molecule has 0 aliphatic carbocycles. The van der Waals surface area contributed by atoms with Crippen molar-refractivity contribution in [1.29, 1.82) is 0 Å². The SMILES string of the molecule is C=CCN1CCN(c2nc(OC[C@@H]3CCCN3C)nc3c2CCN(c2cccc4cccc(Cl)c24)C3)CC1. The molecule has 0 bridgehead atoms. The first-order valence-corrected chi connectivity index (χ1v) is 14.2. The largest absolute Gasteiger partial charge is 0.462 e. The van der Waals surface area contributed by atoms with Crippen molar-refractivity contribution in [3.8, 4) is 6.01 Å². The molecule has 3 aliphatic heterocycles. The fourth-order valence-corrected chi connectivity index (χ4v) is 6.42. The van der Waals surface area contributed by atoms with Crippen molar-refractivity contribution in [2.75, 3.05) is 69.3 Å². The Bertz CT molecular complexity index is 1300. The van der Waals surface area contributed by atoms with Crippen LogP contribution in [0.2, 0.25) is 5.02 Å². The molecule has 3 aliphatic rings. The summed E-state index contributed by atoms with van der Waals surface area (Å²) in [4.78, 5) is 19.7. The van der Waals surface area contributed by atoms with Gasteiger partial charge < -0.3 is 19.4 Å². The van der Waals surface area contributed by atoms with E-state index in [-0.39, 0.29) is 0 Å². The van der Waals surface area contributed by atoms with Crippen LogP contribution in [0.4, 0.5) is 11.5 Å². The normalized spacial score (nSPS) is 20.6. The molecule has 2 aromatic carbocycles. The van der Waals surface area contributed by atoms with Gasteiger partial charge in [0.1, 0.15) is 12.4 Å². The van der Waals surface area contributed by atoms with E-state index in [1.165, 1.54) is 12.0 Å². The summed E-state index contributed by atoms with van der Waals surface area (Å²) in [5.74, 6) is 1.05. The lowest BCUT2D eigenvalue weighted by Crippen LogP contribution is -2.47. The number of aromatic nitrogens is 2. The zero-order valence-electron chi connectivity index (χ0n) is 22.3. The van der Waals surface area contributed by atoms with Gasteiger partial charge >= 0.3 is 6.01 Å². The van der Waals surface area contributed by atoms with E-state index in [0.29, 0.717) is 25.2 Å². The zero-order chi connectivity index (χ0) is 26.1. The van der Waals surface area contributed by atoms with Crippen LogP contribution in [-0.2, 0) is 13.0 Å². The summed E-state index contributed by atoms with van der Waals surface area (Å²) in [6.07, 6.45) is 5.26. The smallest absolute Gasteiger partial charge is 0.318 e. The Morgan fingerprint density at radius 3 is 2.61 bits per heavy atom. The molecule has 0 radical (unpaired) electrons. The van der Waals surface area contributed by atoms with Gasteiger partial charge in [-0.15, -0.1) is 6.58 Å². The molecule has 200 valence electrons. The van der Waals surface area contributed by atoms with Crippen LogP contribution in [0.15, 0.2) is 49.1 Å². The third-order valence-electron chi connectivity index (χ3n) is 8.33. The second-order valence-electron chi connectivity index (χ2n) is 10.7. The predicted octanol–water partition coefficient (Wildman–Crippen LogP) is 4.63. The van der Waals surface area contributed by atoms with Gasteiger partial charge in [-0.3, -0.25) is 4.90 Å². The molecule has 38 heavy (non-hydrogen) atoms. The quantitative estimate of drug-likeness (QED) is 0.411. The van der Waals surface area contributed by atoms with Gasteiger partial charge in [0.15, 0.2) is 0 Å². The fraction of sp³-hybridized carbons (Fsp3) is 0.467. The highest BCUT2D eigenvalue weighted by Gasteiger charge is 2.29. The summed E-state index contributed by atoms with van der Waals surface area (Å²) >= 11 is 6.69. The molecule has 0 spiro atoms. The lowest BCUT2D eigenvalue weighted by atomic mass is 10.0. The van der Waals surface area contributed by atoms with E-state index in [2.05, 4.69) is 57.5 Å². The molecular weight excluding hydrogens is 496 g/mol. The number of likely N-dealkylation sites (N-methyl/N-ethyl adjacent to an activating group) is 1. The van der Waals surface area contributed by atoms with Crippen molar-refractivity contribution in [3.05, 3.63) is 65.3 Å². The maximum atomic E-state index is 6.69. The molecule has 0 N–H and O–H groups in total. The molecule has 0 saturated carbocycles. The van der Waals surface area contributed by atoms with Crippen LogP contribution in [-0.4, -0.2) is 85.3 Å². The van der Waals surface area contributed by atoms with Crippen LogP contribution in [0, 0.1) is 0 Å². The lowest BCUT2D eigenvalue weighted by molar-refractivity contribution is 0.187. The molecule has 3 aromatic rings. The number of fused-ring (bicyclic) bond motifs is 2. The minimum atomic E-state index is 0.426. The van der Waals surface area contributed by atoms with Crippen molar-refractivity contribution in [1.82, 2.24) is 19.8 Å². The van der Waals surface area contributed by atoms with Crippen LogP contribution in [0.25, 0.3) is 10.8 Å². The highest BCUT2D eigenvalue weighted by Crippen LogP contribution is 2.37. The summed E-state index contributed by atoms with van der Waals surface area (Å²) < 4.78 is 6.29. The number of benzene rings is 2. The van der Waals surface area contributed by atoms with Crippen molar-refractivity contribution in [2.24, 2.45) is 0 Å². The van der Waals surface area contributed by atoms with Gasteiger partial charge in [0, 0.05) is 61.9 Å². The highest BCUT2D eigenvalue weighted by molar-refractivity contribution is 6.36. The van der Waals surface area contributed by atoms with Crippen molar-refractivity contribution < 1.29 is 4.74 Å². The summed E-state index contributed by atoms with van der Waals surface area (Å²) in [5, 5.41) is 3.05. The van der Waals surface area contributed by atoms with Gasteiger partial charge in [-0.25, -0.2) is 0 Å². The first-order chi connectivity index (χ1) is 18.6. The second kappa shape index (κ2) is 11.1. The van der Waals surface area contributed by atoms with E-state index in [0.717, 1.165) is 91.6 Å². The first kappa shape index (κ1) is 25.4. The third-order valence-corrected chi connectivity index (χ3v) is 8.65. The third kappa shape index (κ3) is 5.07. The summed E-state index contributed by atoms with van der Waals surface area (Å²) in [6, 6.07) is 13.5. The van der Waals surface area contributed by atoms with Gasteiger partial charge in [-0.05, 0) is 50.4 Å². The second-order valence-corrected chi connectivity index (χ2v) is 11.1. The minimum Gasteiger partial charge on any atom is -0.462 e. The topological polar surface area (TPSA) is 48.0 Å². The molecule has 8 heteroatoms. The minimum absolute atomic E-state index is 0.426. The molecule has 6 rings (SSSR count). The average molecular weight is 533 g/mol. The number of piperazine rings is 1. The maximum Gasteiger partial charge on any atom is 0.318 e. The Morgan fingerprint density at radius 2 is 1.84 bits per heavy atom. The van der Waals surface area contributed by atoms with Crippen LogP contribution < -0.4 is 14.5 Å². The van der Waals surface area contributed by atoms with E-state index in [9.17, 15) is 0 Å². The number of likely N-dealkylation sites (tertiary alicyclic amines) is 1. The van der Waals surface area contributed by atoms with E-state index < -0.39 is 0 Å². The van der Waals surface area contributed by atoms with E-state index in [1.807, 2.05) is 18.2 Å². The van der Waals surface area contributed by atoms with E-state index in [1.54, 1.807) is 0 Å². The number of nitrogens with zero attached hydrogens (tertiary/aromatic N) is 6. The maximum absolute atomic E-state index is 6.69. The van der Waals surface area contributed by atoms with Gasteiger partial charge in [0.2, 0.25) is 0 Å². The molecule has 0 amide bonds. The number of rotatable bonds is 7. The Hall–Kier alpha value is -2.87. The Morgan fingerprint density at radius 1 is 1.03 bits per heavy atom. The molecule has 0 unspecified atom stereocenters. The average Bonchev–Trinajstić information content (AvgIpc) is 3.36. The van der Waals surface area contributed by atoms with Gasteiger partial charge in [0.25, 0.3) is 0 Å². The molecule has 4 heterocycles. The molecule has 2 saturated heterocycles. The predicted molar refractivity (Wildman–Crippen MR) is 156 cm³/mol. The number of hydrogen-bond acceptors (Lipinski definition) is 7. The van der Waals surface area contributed by atoms with Crippen LogP contribution >= 0.6 is 11.6 Å². The van der Waals surface area contributed by atoms with Crippen LogP contribution in [0.3, 0.4) is 0 Å². The Labute approximate surface area is 230 Å². The van der Waals surface area contributed by atoms with Crippen LogP contribution in [0.5, 0.6) is 6.01 Å². The summed E-state index contributed by atoms with van der Waals surface area (Å²) in [7, 11) is 2.18. The van der Waals surface area contributed by atoms with Crippen LogP contribution in [0.1, 0.15) is 24.1 Å². The van der Waals surface area contributed by atoms with Gasteiger partial charge in [-0.1, -0.05) is 41.9 Å². The monoisotopic (exact) mass is 532 g/mol. The Kier molecular flexibility index (Phi) is 7.41. The Balaban J connectivity index is 1.31. The number of hydrogen-bond donors (Lipinski definition) is 0. The summed E-state index contributed by atoms with van der Waals surface area (Å²) in [6.45, 7) is 12.1. The summed E-state index contributed by atoms with van der Waals surface area (Å²) in [5.41, 5.74) is 3.48. The number of ether oxygens (including phenoxy) is 1. The molecule has 1 aromatic heterocycles. The molecule has 7 nitrogen and oxygen atoms in total. The molecule has 1 atom stereocenters. The standard InChI is InChI=1S/C30H37ClN6O/c1-3-13-35-16-18-36(19-17-35)29-24-12-15-37(27-11-5-8-22-7-4-10-25(31)28(22)27)20-26(24)32-30(33-29)38-21-23-9-6-14-34(23)2/h3-5,7-8,10-11,23H,1,6,9,12-21H2,2H3/t23-/m0/s1. The van der Waals surface area contributed by atoms with Gasteiger partial charge in [-0.2, -0.15) is 9.97 Å². The van der Waals surface area contributed by atoms with E-state index in [4.69, 9.17) is 26.3 Å². The zero-order valence-corrected chi connectivity index (χ0v) is 23.0. The number of anilines is 2. The molecule has 2 fully saturated rings. The van der Waals surface area contributed by atoms with Gasteiger partial charge in [0.05, 0.1) is 17.3 Å². The first-order valence-electron chi connectivity index (χ1n) is 13.8. The van der Waals surface area contributed by atoms with Crippen molar-refractivity contribution in [2.45, 2.75) is 31.8 Å². The van der Waals surface area contributed by atoms with E-state index >= 15 is 0 Å². The lowest BCUT2D eigenvalue weighted by Gasteiger charge is -2.38. The number of halogens is 1. The molecular formula is C30H37ClN6O.